The summed E-state index contributed by atoms with van der Waals surface area (Å²) >= 11 is 1.35. The first-order valence-corrected chi connectivity index (χ1v) is 7.07. The van der Waals surface area contributed by atoms with Gasteiger partial charge in [0.15, 0.2) is 0 Å². The molecule has 1 N–H and O–H groups in total. The van der Waals surface area contributed by atoms with Crippen LogP contribution in [0.3, 0.4) is 0 Å². The summed E-state index contributed by atoms with van der Waals surface area (Å²) in [6, 6.07) is 12.9. The van der Waals surface area contributed by atoms with Gasteiger partial charge in [0.25, 0.3) is 0 Å². The van der Waals surface area contributed by atoms with Crippen LogP contribution in [0, 0.1) is 5.82 Å². The third-order valence-electron chi connectivity index (χ3n) is 3.04. The van der Waals surface area contributed by atoms with Crippen molar-refractivity contribution in [1.29, 1.82) is 0 Å². The molecule has 0 radical (unpaired) electrons. The van der Waals surface area contributed by atoms with Crippen LogP contribution in [-0.2, 0) is 0 Å². The molecule has 0 fully saturated rings. The van der Waals surface area contributed by atoms with E-state index >= 15 is 0 Å². The van der Waals surface area contributed by atoms with Crippen LogP contribution in [0.1, 0.15) is 10.4 Å². The molecule has 0 saturated carbocycles. The number of halogens is 1. The van der Waals surface area contributed by atoms with E-state index in [4.69, 9.17) is 5.11 Å². The van der Waals surface area contributed by atoms with E-state index in [0.717, 1.165) is 5.56 Å². The number of aromatic carboxylic acids is 1. The Bertz CT molecular complexity index is 796. The number of aromatic nitrogens is 1. The maximum Gasteiger partial charge on any atom is 0.335 e. The Morgan fingerprint density at radius 1 is 1.10 bits per heavy atom. The molecule has 21 heavy (non-hydrogen) atoms. The van der Waals surface area contributed by atoms with E-state index in [1.165, 1.54) is 29.5 Å². The van der Waals surface area contributed by atoms with Crippen molar-refractivity contribution in [3.8, 4) is 21.8 Å². The van der Waals surface area contributed by atoms with Crippen molar-refractivity contribution >= 4 is 17.3 Å². The molecule has 1 heterocycles. The highest BCUT2D eigenvalue weighted by molar-refractivity contribution is 7.13. The van der Waals surface area contributed by atoms with Crippen LogP contribution in [0.5, 0.6) is 0 Å². The molecule has 3 nitrogen and oxygen atoms in total. The molecule has 5 heteroatoms. The molecule has 0 spiro atoms. The lowest BCUT2D eigenvalue weighted by Crippen LogP contribution is -1.94. The van der Waals surface area contributed by atoms with E-state index in [2.05, 4.69) is 4.98 Å². The smallest absolute Gasteiger partial charge is 0.335 e. The van der Waals surface area contributed by atoms with Gasteiger partial charge in [0.2, 0.25) is 0 Å². The maximum atomic E-state index is 13.7. The Labute approximate surface area is 124 Å². The minimum atomic E-state index is -0.966. The van der Waals surface area contributed by atoms with Crippen LogP contribution in [0.15, 0.2) is 53.9 Å². The van der Waals surface area contributed by atoms with Gasteiger partial charge in [-0.15, -0.1) is 11.3 Å². The fourth-order valence-corrected chi connectivity index (χ4v) is 2.80. The van der Waals surface area contributed by atoms with Gasteiger partial charge in [-0.25, -0.2) is 14.2 Å². The predicted octanol–water partition coefficient (Wildman–Crippen LogP) is 4.31. The quantitative estimate of drug-likeness (QED) is 0.783. The number of carboxylic acid groups (broad SMARTS) is 1. The molecule has 3 rings (SSSR count). The van der Waals surface area contributed by atoms with E-state index in [-0.39, 0.29) is 11.4 Å². The fraction of sp³-hybridized carbons (Fsp3) is 0. The highest BCUT2D eigenvalue weighted by Gasteiger charge is 2.10. The standard InChI is InChI=1S/C16H10FNO2S/c17-13-4-2-1-3-12(13)15-18-14(9-21-15)10-5-7-11(8-6-10)16(19)20/h1-9H,(H,19,20). The van der Waals surface area contributed by atoms with Crippen LogP contribution in [-0.4, -0.2) is 16.1 Å². The number of carbonyl (C=O) groups is 1. The van der Waals surface area contributed by atoms with Gasteiger partial charge >= 0.3 is 5.97 Å². The van der Waals surface area contributed by atoms with Crippen LogP contribution in [0.2, 0.25) is 0 Å². The van der Waals surface area contributed by atoms with Gasteiger partial charge in [0, 0.05) is 16.5 Å². The monoisotopic (exact) mass is 299 g/mol. The van der Waals surface area contributed by atoms with Crippen LogP contribution in [0.4, 0.5) is 4.39 Å². The van der Waals surface area contributed by atoms with E-state index in [9.17, 15) is 9.18 Å². The number of thiazole rings is 1. The summed E-state index contributed by atoms with van der Waals surface area (Å²) in [5.74, 6) is -1.27. The van der Waals surface area contributed by atoms with Crippen molar-refractivity contribution in [1.82, 2.24) is 4.98 Å². The molecule has 1 aromatic heterocycles. The molecule has 0 amide bonds. The molecule has 0 saturated heterocycles. The molecule has 0 aliphatic carbocycles. The SMILES string of the molecule is O=C(O)c1ccc(-c2csc(-c3ccccc3F)n2)cc1. The van der Waals surface area contributed by atoms with Crippen molar-refractivity contribution in [3.05, 3.63) is 65.3 Å². The first-order valence-electron chi connectivity index (χ1n) is 6.19. The number of hydrogen-bond acceptors (Lipinski definition) is 3. The second-order valence-electron chi connectivity index (χ2n) is 4.40. The number of carboxylic acids is 1. The van der Waals surface area contributed by atoms with E-state index < -0.39 is 5.97 Å². The Morgan fingerprint density at radius 3 is 2.48 bits per heavy atom. The highest BCUT2D eigenvalue weighted by Crippen LogP contribution is 2.30. The Morgan fingerprint density at radius 2 is 1.81 bits per heavy atom. The third-order valence-corrected chi connectivity index (χ3v) is 3.91. The second kappa shape index (κ2) is 5.46. The summed E-state index contributed by atoms with van der Waals surface area (Å²) in [5.41, 5.74) is 2.20. The van der Waals surface area contributed by atoms with Crippen LogP contribution >= 0.6 is 11.3 Å². The highest BCUT2D eigenvalue weighted by atomic mass is 32.1. The average molecular weight is 299 g/mol. The topological polar surface area (TPSA) is 50.2 Å². The second-order valence-corrected chi connectivity index (χ2v) is 5.26. The number of rotatable bonds is 3. The minimum Gasteiger partial charge on any atom is -0.478 e. The molecule has 3 aromatic rings. The zero-order valence-electron chi connectivity index (χ0n) is 10.8. The summed E-state index contributed by atoms with van der Waals surface area (Å²) in [7, 11) is 0. The summed E-state index contributed by atoms with van der Waals surface area (Å²) in [6.07, 6.45) is 0. The lowest BCUT2D eigenvalue weighted by molar-refractivity contribution is 0.0697. The van der Waals surface area contributed by atoms with Crippen molar-refractivity contribution in [3.63, 3.8) is 0 Å². The van der Waals surface area contributed by atoms with Crippen molar-refractivity contribution < 1.29 is 14.3 Å². The largest absolute Gasteiger partial charge is 0.478 e. The molecule has 0 atom stereocenters. The van der Waals surface area contributed by atoms with Gasteiger partial charge in [-0.05, 0) is 24.3 Å². The van der Waals surface area contributed by atoms with Gasteiger partial charge < -0.3 is 5.11 Å². The van der Waals surface area contributed by atoms with Crippen molar-refractivity contribution in [2.75, 3.05) is 0 Å². The Hall–Kier alpha value is -2.53. The predicted molar refractivity (Wildman–Crippen MR) is 79.9 cm³/mol. The van der Waals surface area contributed by atoms with Crippen LogP contribution in [0.25, 0.3) is 21.8 Å². The Balaban J connectivity index is 1.95. The van der Waals surface area contributed by atoms with E-state index in [1.54, 1.807) is 30.3 Å². The third kappa shape index (κ3) is 2.68. The molecule has 0 bridgehead atoms. The molecule has 104 valence electrons. The van der Waals surface area contributed by atoms with Crippen molar-refractivity contribution in [2.45, 2.75) is 0 Å². The van der Waals surface area contributed by atoms with Gasteiger partial charge in [-0.3, -0.25) is 0 Å². The number of benzene rings is 2. The zero-order chi connectivity index (χ0) is 14.8. The molecular formula is C16H10FNO2S. The van der Waals surface area contributed by atoms with Gasteiger partial charge in [-0.1, -0.05) is 24.3 Å². The van der Waals surface area contributed by atoms with Crippen molar-refractivity contribution in [2.24, 2.45) is 0 Å². The molecule has 0 aliphatic rings. The van der Waals surface area contributed by atoms with Gasteiger partial charge in [0.05, 0.1) is 11.3 Å². The fourth-order valence-electron chi connectivity index (χ4n) is 1.95. The van der Waals surface area contributed by atoms with Gasteiger partial charge in [0.1, 0.15) is 10.8 Å². The molecule has 0 aliphatic heterocycles. The minimum absolute atomic E-state index is 0.225. The van der Waals surface area contributed by atoms with E-state index in [0.29, 0.717) is 16.3 Å². The Kier molecular flexibility index (Phi) is 3.50. The average Bonchev–Trinajstić information content (AvgIpc) is 2.97. The zero-order valence-corrected chi connectivity index (χ0v) is 11.6. The molecule has 0 unspecified atom stereocenters. The lowest BCUT2D eigenvalue weighted by atomic mass is 10.1. The van der Waals surface area contributed by atoms with Crippen LogP contribution < -0.4 is 0 Å². The summed E-state index contributed by atoms with van der Waals surface area (Å²) in [5, 5.41) is 11.3. The normalized spacial score (nSPS) is 10.5. The molecular weight excluding hydrogens is 289 g/mol. The maximum absolute atomic E-state index is 13.7. The first kappa shape index (κ1) is 13.5. The first-order chi connectivity index (χ1) is 10.1. The summed E-state index contributed by atoms with van der Waals surface area (Å²) < 4.78 is 13.7. The summed E-state index contributed by atoms with van der Waals surface area (Å²) in [4.78, 5) is 15.2. The number of hydrogen-bond donors (Lipinski definition) is 1. The number of nitrogens with zero attached hydrogens (tertiary/aromatic N) is 1. The molecule has 2 aromatic carbocycles. The van der Waals surface area contributed by atoms with Gasteiger partial charge in [-0.2, -0.15) is 0 Å². The summed E-state index contributed by atoms with van der Waals surface area (Å²) in [6.45, 7) is 0. The van der Waals surface area contributed by atoms with E-state index in [1.807, 2.05) is 5.38 Å². The lowest BCUT2D eigenvalue weighted by Gasteiger charge is -1.99.